The molecule has 0 radical (unpaired) electrons. The minimum Gasteiger partial charge on any atom is -0.358 e. The second-order valence-corrected chi connectivity index (χ2v) is 7.76. The summed E-state index contributed by atoms with van der Waals surface area (Å²) >= 11 is 0. The first-order chi connectivity index (χ1) is 17.0. The summed E-state index contributed by atoms with van der Waals surface area (Å²) in [5, 5.41) is 19.9. The van der Waals surface area contributed by atoms with Gasteiger partial charge in [0.2, 0.25) is 11.6 Å². The lowest BCUT2D eigenvalue weighted by molar-refractivity contribution is -0.0384. The Morgan fingerprint density at radius 3 is 1.46 bits per heavy atom. The van der Waals surface area contributed by atoms with Crippen molar-refractivity contribution in [1.82, 2.24) is 0 Å². The van der Waals surface area contributed by atoms with Gasteiger partial charge in [0, 0.05) is 22.3 Å². The van der Waals surface area contributed by atoms with E-state index in [0.29, 0.717) is 0 Å². The lowest BCUT2D eigenvalue weighted by Crippen LogP contribution is -2.41. The van der Waals surface area contributed by atoms with Crippen LogP contribution in [-0.4, -0.2) is 16.7 Å². The number of Topliss-reactive ketones (excluding diaryl/α,β-unsaturated/α-hetero) is 2. The van der Waals surface area contributed by atoms with Crippen molar-refractivity contribution >= 4 is 11.6 Å². The van der Waals surface area contributed by atoms with Gasteiger partial charge >= 0.3 is 0 Å². The monoisotopic (exact) mass is 465 g/mol. The van der Waals surface area contributed by atoms with Gasteiger partial charge in [0.25, 0.3) is 11.4 Å². The van der Waals surface area contributed by atoms with Crippen molar-refractivity contribution < 1.29 is 19.5 Å². The van der Waals surface area contributed by atoms with Gasteiger partial charge in [-0.25, -0.2) is 5.90 Å². The summed E-state index contributed by atoms with van der Waals surface area (Å²) in [5.74, 6) is 4.36. The van der Waals surface area contributed by atoms with E-state index in [9.17, 15) is 14.7 Å². The zero-order valence-electron chi connectivity index (χ0n) is 18.7. The Morgan fingerprint density at radius 1 is 0.600 bits per heavy atom. The van der Waals surface area contributed by atoms with Crippen LogP contribution in [0.25, 0.3) is 0 Å². The van der Waals surface area contributed by atoms with Crippen LogP contribution in [0, 0.1) is 0 Å². The van der Waals surface area contributed by atoms with Crippen LogP contribution in [0.2, 0.25) is 0 Å². The summed E-state index contributed by atoms with van der Waals surface area (Å²) in [5.41, 5.74) is -3.67. The van der Waals surface area contributed by atoms with Gasteiger partial charge in [-0.2, -0.15) is 0 Å². The van der Waals surface area contributed by atoms with E-state index in [2.05, 4.69) is 10.2 Å². The van der Waals surface area contributed by atoms with Crippen LogP contribution >= 0.6 is 0 Å². The van der Waals surface area contributed by atoms with E-state index < -0.39 is 23.0 Å². The molecule has 2 atom stereocenters. The Balaban J connectivity index is 1.90. The molecular formula is C28H23N3O4. The fourth-order valence-corrected chi connectivity index (χ4v) is 3.67. The highest BCUT2D eigenvalue weighted by Gasteiger charge is 2.46. The maximum Gasteiger partial charge on any atom is 0.285 e. The number of rotatable bonds is 9. The predicted octanol–water partition coefficient (Wildman–Crippen LogP) is 4.79. The van der Waals surface area contributed by atoms with E-state index in [1.807, 2.05) is 0 Å². The molecule has 0 saturated carbocycles. The first-order valence-electron chi connectivity index (χ1n) is 10.9. The molecule has 2 unspecified atom stereocenters. The second kappa shape index (κ2) is 10.3. The van der Waals surface area contributed by atoms with E-state index in [1.165, 1.54) is 0 Å². The number of aliphatic hydroxyl groups is 1. The highest BCUT2D eigenvalue weighted by Crippen LogP contribution is 2.35. The highest BCUT2D eigenvalue weighted by atomic mass is 16.6. The van der Waals surface area contributed by atoms with Crippen molar-refractivity contribution in [3.05, 3.63) is 144 Å². The van der Waals surface area contributed by atoms with E-state index in [1.54, 1.807) is 121 Å². The first kappa shape index (κ1) is 23.8. The standard InChI is InChI=1S/C28H23N3O4/c29-35-28(24-19-11-4-12-20-24,26(33)22-15-7-2-8-16-22)31-30-27(34,23-17-9-3-10-18-23)25(32)21-13-5-1-6-14-21/h1-20,34H,29H2. The van der Waals surface area contributed by atoms with Gasteiger partial charge in [-0.3, -0.25) is 14.4 Å². The van der Waals surface area contributed by atoms with Gasteiger partial charge < -0.3 is 5.11 Å². The van der Waals surface area contributed by atoms with E-state index in [-0.39, 0.29) is 22.3 Å². The summed E-state index contributed by atoms with van der Waals surface area (Å²) in [4.78, 5) is 32.4. The molecule has 0 fully saturated rings. The van der Waals surface area contributed by atoms with Crippen molar-refractivity contribution in [1.29, 1.82) is 0 Å². The maximum absolute atomic E-state index is 13.7. The average Bonchev–Trinajstić information content (AvgIpc) is 2.95. The smallest absolute Gasteiger partial charge is 0.285 e. The molecule has 3 N–H and O–H groups in total. The fourth-order valence-electron chi connectivity index (χ4n) is 3.67. The van der Waals surface area contributed by atoms with Crippen LogP contribution in [0.5, 0.6) is 0 Å². The van der Waals surface area contributed by atoms with Crippen LogP contribution in [0.3, 0.4) is 0 Å². The quantitative estimate of drug-likeness (QED) is 0.209. The number of benzene rings is 4. The summed E-state index contributed by atoms with van der Waals surface area (Å²) < 4.78 is 0. The SMILES string of the molecule is NOC(N=NC(O)(C(=O)c1ccccc1)c1ccccc1)(C(=O)c1ccccc1)c1ccccc1. The third-order valence-electron chi connectivity index (χ3n) is 5.54. The number of ketones is 2. The van der Waals surface area contributed by atoms with Crippen LogP contribution in [-0.2, 0) is 16.3 Å². The Labute approximate surface area is 202 Å². The Hall–Kier alpha value is -4.30. The second-order valence-electron chi connectivity index (χ2n) is 7.76. The largest absolute Gasteiger partial charge is 0.358 e. The molecule has 0 aliphatic rings. The number of nitrogens with two attached hydrogens (primary N) is 1. The van der Waals surface area contributed by atoms with Crippen LogP contribution in [0.4, 0.5) is 0 Å². The molecule has 0 saturated heterocycles. The van der Waals surface area contributed by atoms with Crippen LogP contribution in [0.1, 0.15) is 31.8 Å². The number of azo groups is 1. The number of nitrogens with zero attached hydrogens (tertiary/aromatic N) is 2. The summed E-state index contributed by atoms with van der Waals surface area (Å²) in [7, 11) is 0. The maximum atomic E-state index is 13.7. The van der Waals surface area contributed by atoms with Gasteiger partial charge in [-0.05, 0) is 0 Å². The molecule has 174 valence electrons. The van der Waals surface area contributed by atoms with Gasteiger partial charge in [-0.1, -0.05) is 121 Å². The molecule has 0 heterocycles. The zero-order chi connectivity index (χ0) is 24.7. The van der Waals surface area contributed by atoms with E-state index >= 15 is 0 Å². The van der Waals surface area contributed by atoms with Crippen molar-refractivity contribution in [3.8, 4) is 0 Å². The minimum absolute atomic E-state index is 0.170. The Bertz CT molecular complexity index is 1320. The Morgan fingerprint density at radius 2 is 1.00 bits per heavy atom. The van der Waals surface area contributed by atoms with Crippen LogP contribution < -0.4 is 5.90 Å². The van der Waals surface area contributed by atoms with E-state index in [0.717, 1.165) is 0 Å². The number of hydrogen-bond donors (Lipinski definition) is 2. The normalized spacial score (nSPS) is 14.7. The van der Waals surface area contributed by atoms with Crippen molar-refractivity contribution in [2.24, 2.45) is 16.1 Å². The van der Waals surface area contributed by atoms with Crippen molar-refractivity contribution in [3.63, 3.8) is 0 Å². The molecule has 7 nitrogen and oxygen atoms in total. The molecule has 0 amide bonds. The summed E-state index contributed by atoms with van der Waals surface area (Å²) in [6.07, 6.45) is 0. The molecular weight excluding hydrogens is 442 g/mol. The number of carbonyl (C=O) groups is 2. The van der Waals surface area contributed by atoms with E-state index in [4.69, 9.17) is 10.7 Å². The number of carbonyl (C=O) groups excluding carboxylic acids is 2. The Kier molecular flexibility index (Phi) is 7.03. The molecule has 0 aliphatic carbocycles. The lowest BCUT2D eigenvalue weighted by Gasteiger charge is -2.28. The van der Waals surface area contributed by atoms with Gasteiger partial charge in [0.05, 0.1) is 0 Å². The molecule has 7 heteroatoms. The van der Waals surface area contributed by atoms with Crippen molar-refractivity contribution in [2.45, 2.75) is 11.4 Å². The van der Waals surface area contributed by atoms with Gasteiger partial charge in [0.15, 0.2) is 0 Å². The lowest BCUT2D eigenvalue weighted by atomic mass is 9.93. The average molecular weight is 466 g/mol. The zero-order valence-corrected chi connectivity index (χ0v) is 18.7. The molecule has 0 aromatic heterocycles. The number of hydrogen-bond acceptors (Lipinski definition) is 7. The summed E-state index contributed by atoms with van der Waals surface area (Å²) in [6, 6.07) is 33.0. The van der Waals surface area contributed by atoms with Crippen molar-refractivity contribution in [2.75, 3.05) is 0 Å². The van der Waals surface area contributed by atoms with Gasteiger partial charge in [-0.15, -0.1) is 10.2 Å². The molecule has 35 heavy (non-hydrogen) atoms. The predicted molar refractivity (Wildman–Crippen MR) is 130 cm³/mol. The van der Waals surface area contributed by atoms with Crippen LogP contribution in [0.15, 0.2) is 132 Å². The topological polar surface area (TPSA) is 114 Å². The molecule has 0 bridgehead atoms. The minimum atomic E-state index is -2.45. The molecule has 4 aromatic carbocycles. The first-order valence-corrected chi connectivity index (χ1v) is 10.9. The molecule has 0 spiro atoms. The summed E-state index contributed by atoms with van der Waals surface area (Å²) in [6.45, 7) is 0. The molecule has 4 aromatic rings. The highest BCUT2D eigenvalue weighted by molar-refractivity contribution is 6.03. The molecule has 0 aliphatic heterocycles. The third kappa shape index (κ3) is 4.69. The third-order valence-corrected chi connectivity index (χ3v) is 5.54. The molecule has 4 rings (SSSR count). The fraction of sp³-hybridized carbons (Fsp3) is 0.0714. The van der Waals surface area contributed by atoms with Gasteiger partial charge in [0.1, 0.15) is 0 Å².